The van der Waals surface area contributed by atoms with Crippen molar-refractivity contribution in [1.82, 2.24) is 0 Å². The van der Waals surface area contributed by atoms with Crippen LogP contribution in [0.15, 0.2) is 0 Å². The molecule has 10 nitrogen and oxygen atoms in total. The Morgan fingerprint density at radius 2 is 1.20 bits per heavy atom. The molecule has 0 spiro atoms. The van der Waals surface area contributed by atoms with Gasteiger partial charge in [-0.15, -0.1) is 0 Å². The molecule has 0 aliphatic heterocycles. The van der Waals surface area contributed by atoms with Gasteiger partial charge in [-0.25, -0.2) is 0 Å². The Morgan fingerprint density at radius 1 is 0.800 bits per heavy atom. The maximum atomic E-state index is 12.0. The summed E-state index contributed by atoms with van der Waals surface area (Å²) in [5.74, 6) is -6.00. The first-order chi connectivity index (χ1) is 11.0. The number of aliphatic hydroxyl groups excluding tert-OH is 2. The van der Waals surface area contributed by atoms with E-state index in [4.69, 9.17) is 0 Å². The number of halogens is 1. The molecule has 142 valence electrons. The number of ketones is 4. The van der Waals surface area contributed by atoms with E-state index in [1.165, 1.54) is 0 Å². The Labute approximate surface area is 150 Å². The minimum Gasteiger partial charge on any atom is -0.386 e. The molecule has 25 heavy (non-hydrogen) atoms. The summed E-state index contributed by atoms with van der Waals surface area (Å²) >= 11 is 2.20. The fourth-order valence-corrected chi connectivity index (χ4v) is 3.03. The molecule has 0 saturated heterocycles. The smallest absolute Gasteiger partial charge is 0.240 e. The van der Waals surface area contributed by atoms with E-state index in [-0.39, 0.29) is 0 Å². The molecule has 0 rings (SSSR count). The quantitative estimate of drug-likeness (QED) is 0.190. The van der Waals surface area contributed by atoms with Crippen LogP contribution in [0.25, 0.3) is 0 Å². The molecule has 0 amide bonds. The molecule has 0 radical (unpaired) electrons. The van der Waals surface area contributed by atoms with Crippen LogP contribution in [0.4, 0.5) is 0 Å². The number of carbonyl (C=O) groups is 5. The molecule has 0 fully saturated rings. The third-order valence-electron chi connectivity index (χ3n) is 4.06. The van der Waals surface area contributed by atoms with Crippen molar-refractivity contribution in [2.45, 2.75) is 56.7 Å². The summed E-state index contributed by atoms with van der Waals surface area (Å²) in [5, 5.41) is 51.5. The van der Waals surface area contributed by atoms with E-state index in [9.17, 15) is 49.5 Å². The summed E-state index contributed by atoms with van der Waals surface area (Å²) in [7, 11) is 0. The minimum absolute atomic E-state index is 0.518. The van der Waals surface area contributed by atoms with Gasteiger partial charge in [0, 0.05) is 0 Å². The zero-order valence-electron chi connectivity index (χ0n) is 13.8. The van der Waals surface area contributed by atoms with Gasteiger partial charge in [-0.2, -0.15) is 0 Å². The fourth-order valence-electron chi connectivity index (χ4n) is 2.46. The van der Waals surface area contributed by atoms with Crippen molar-refractivity contribution in [2.75, 3.05) is 0 Å². The monoisotopic (exact) mass is 426 g/mol. The summed E-state index contributed by atoms with van der Waals surface area (Å²) in [6, 6.07) is 0. The average Bonchev–Trinajstić information content (AvgIpc) is 2.49. The van der Waals surface area contributed by atoms with E-state index >= 15 is 0 Å². The highest BCUT2D eigenvalue weighted by Crippen LogP contribution is 2.41. The van der Waals surface area contributed by atoms with Gasteiger partial charge in [-0.3, -0.25) is 24.0 Å². The molecule has 5 N–H and O–H groups in total. The second kappa shape index (κ2) is 7.48. The predicted molar refractivity (Wildman–Crippen MR) is 83.5 cm³/mol. The average molecular weight is 427 g/mol. The van der Waals surface area contributed by atoms with Crippen LogP contribution in [-0.2, 0) is 24.0 Å². The highest BCUT2D eigenvalue weighted by atomic mass is 79.9. The number of Topliss-reactive ketones (excluding diaryl/α,β-unsaturated/α-hetero) is 4. The maximum Gasteiger partial charge on any atom is 0.240 e. The van der Waals surface area contributed by atoms with Crippen molar-refractivity contribution >= 4 is 43.8 Å². The Morgan fingerprint density at radius 3 is 1.40 bits per heavy atom. The molecule has 11 heteroatoms. The Kier molecular flexibility index (Phi) is 7.07. The molecular weight excluding hydrogens is 408 g/mol. The van der Waals surface area contributed by atoms with Gasteiger partial charge in [0.1, 0.15) is 12.2 Å². The Hall–Kier alpha value is -1.37. The van der Waals surface area contributed by atoms with Crippen LogP contribution >= 0.6 is 15.9 Å². The number of aliphatic hydroxyl groups is 5. The van der Waals surface area contributed by atoms with E-state index in [0.717, 1.165) is 6.92 Å². The van der Waals surface area contributed by atoms with Gasteiger partial charge < -0.3 is 25.5 Å². The summed E-state index contributed by atoms with van der Waals surface area (Å²) in [5.41, 5.74) is -11.4. The summed E-state index contributed by atoms with van der Waals surface area (Å²) in [6.45, 7) is 2.39. The predicted octanol–water partition coefficient (Wildman–Crippen LogP) is -2.82. The third-order valence-corrected chi connectivity index (χ3v) is 4.63. The Bertz CT molecular complexity index is 615. The van der Waals surface area contributed by atoms with E-state index in [1.807, 2.05) is 0 Å². The van der Waals surface area contributed by atoms with Gasteiger partial charge in [0.05, 0.1) is 0 Å². The molecule has 1 unspecified atom stereocenters. The van der Waals surface area contributed by atoms with Gasteiger partial charge in [0.25, 0.3) is 0 Å². The lowest BCUT2D eigenvalue weighted by atomic mass is 9.62. The lowest BCUT2D eigenvalue weighted by Gasteiger charge is -2.49. The van der Waals surface area contributed by atoms with Gasteiger partial charge in [-0.1, -0.05) is 0 Å². The van der Waals surface area contributed by atoms with Crippen LogP contribution in [0.1, 0.15) is 27.7 Å². The lowest BCUT2D eigenvalue weighted by Crippen LogP contribution is -2.81. The zero-order valence-corrected chi connectivity index (χ0v) is 15.4. The molecule has 0 aliphatic rings. The normalized spacial score (nSPS) is 21.0. The highest BCUT2D eigenvalue weighted by molar-refractivity contribution is 9.18. The molecule has 0 bridgehead atoms. The van der Waals surface area contributed by atoms with Gasteiger partial charge >= 0.3 is 0 Å². The molecule has 0 saturated carbocycles. The SMILES string of the molecule is CC(=O)C(O)[C@@H](O)[C@@](O)(C(C)=O)[C@@](O)(C(C)=O)[C@](O)(C(C)=O)C(=O)Br. The summed E-state index contributed by atoms with van der Waals surface area (Å²) in [6.07, 6.45) is -5.34. The van der Waals surface area contributed by atoms with Crippen LogP contribution in [0.2, 0.25) is 0 Å². The fraction of sp³-hybridized carbons (Fsp3) is 0.643. The second-order valence-corrected chi connectivity index (χ2v) is 6.35. The zero-order chi connectivity index (χ0) is 20.5. The Balaban J connectivity index is 7.06. The van der Waals surface area contributed by atoms with Crippen LogP contribution in [-0.4, -0.2) is 82.4 Å². The first kappa shape index (κ1) is 23.6. The standard InChI is InChI=1S/C14H19BrO10/c1-5(16)9(20)10(21)12(23,6(2)17)14(25,8(4)19)13(24,7(3)18)11(15)22/h9-10,20-21,23-25H,1-4H3/t9?,10-,12+,13+,14+/m1/s1. The van der Waals surface area contributed by atoms with Crippen molar-refractivity contribution in [3.05, 3.63) is 0 Å². The molecular formula is C14H19BrO10. The topological polar surface area (TPSA) is 186 Å². The molecule has 0 aliphatic carbocycles. The molecule has 0 heterocycles. The van der Waals surface area contributed by atoms with E-state index in [0.29, 0.717) is 20.8 Å². The van der Waals surface area contributed by atoms with Crippen LogP contribution < -0.4 is 0 Å². The number of hydrogen-bond donors (Lipinski definition) is 5. The lowest BCUT2D eigenvalue weighted by molar-refractivity contribution is -0.249. The van der Waals surface area contributed by atoms with Crippen molar-refractivity contribution in [3.8, 4) is 0 Å². The van der Waals surface area contributed by atoms with Crippen molar-refractivity contribution < 1.29 is 49.5 Å². The summed E-state index contributed by atoms with van der Waals surface area (Å²) < 4.78 is -1.70. The number of carbonyl (C=O) groups excluding carboxylic acids is 5. The second-order valence-electron chi connectivity index (χ2n) is 5.63. The van der Waals surface area contributed by atoms with E-state index in [1.54, 1.807) is 0 Å². The highest BCUT2D eigenvalue weighted by Gasteiger charge is 2.75. The van der Waals surface area contributed by atoms with E-state index in [2.05, 4.69) is 15.9 Å². The maximum absolute atomic E-state index is 12.0. The number of rotatable bonds is 9. The first-order valence-electron chi connectivity index (χ1n) is 6.81. The van der Waals surface area contributed by atoms with Crippen molar-refractivity contribution in [3.63, 3.8) is 0 Å². The van der Waals surface area contributed by atoms with Crippen LogP contribution in [0.3, 0.4) is 0 Å². The van der Waals surface area contributed by atoms with Gasteiger partial charge in [-0.05, 0) is 43.6 Å². The van der Waals surface area contributed by atoms with Crippen molar-refractivity contribution in [1.29, 1.82) is 0 Å². The minimum atomic E-state index is -3.92. The molecule has 5 atom stereocenters. The summed E-state index contributed by atoms with van der Waals surface area (Å²) in [4.78, 5) is 58.9. The van der Waals surface area contributed by atoms with Crippen LogP contribution in [0.5, 0.6) is 0 Å². The van der Waals surface area contributed by atoms with Gasteiger partial charge in [0.2, 0.25) is 15.9 Å². The number of hydrogen-bond acceptors (Lipinski definition) is 10. The van der Waals surface area contributed by atoms with Crippen LogP contribution in [0, 0.1) is 0 Å². The van der Waals surface area contributed by atoms with Crippen molar-refractivity contribution in [2.24, 2.45) is 0 Å². The van der Waals surface area contributed by atoms with Gasteiger partial charge in [0.15, 0.2) is 28.7 Å². The molecule has 0 aromatic carbocycles. The third kappa shape index (κ3) is 3.23. The van der Waals surface area contributed by atoms with E-state index < -0.39 is 56.8 Å². The first-order valence-corrected chi connectivity index (χ1v) is 7.60. The molecule has 0 aromatic rings. The molecule has 0 aromatic heterocycles. The largest absolute Gasteiger partial charge is 0.386 e.